The molecular weight excluding hydrogens is 363 g/mol. The number of hydrogen-bond acceptors (Lipinski definition) is 3. The van der Waals surface area contributed by atoms with E-state index < -0.39 is 0 Å². The van der Waals surface area contributed by atoms with Gasteiger partial charge in [0.1, 0.15) is 10.8 Å². The third-order valence-electron chi connectivity index (χ3n) is 3.76. The van der Waals surface area contributed by atoms with Crippen molar-refractivity contribution in [1.82, 2.24) is 9.88 Å². The van der Waals surface area contributed by atoms with Gasteiger partial charge < -0.3 is 0 Å². The first-order valence-corrected chi connectivity index (χ1v) is 8.65. The smallest absolute Gasteiger partial charge is 0.128 e. The van der Waals surface area contributed by atoms with Crippen molar-refractivity contribution in [1.29, 1.82) is 0 Å². The molecule has 0 fully saturated rings. The Morgan fingerprint density at radius 1 is 1.27 bits per heavy atom. The van der Waals surface area contributed by atoms with Crippen molar-refractivity contribution in [2.24, 2.45) is 0 Å². The normalized spacial score (nSPS) is 13.0. The Bertz CT molecular complexity index is 769. The lowest BCUT2D eigenvalue weighted by Gasteiger charge is -2.23. The highest BCUT2D eigenvalue weighted by Gasteiger charge is 2.17. The maximum absolute atomic E-state index is 14.0. The van der Waals surface area contributed by atoms with E-state index in [2.05, 4.69) is 38.8 Å². The number of thiazole rings is 1. The molecular formula is C17H16BrFN2S. The van der Waals surface area contributed by atoms with Gasteiger partial charge in [-0.25, -0.2) is 9.37 Å². The van der Waals surface area contributed by atoms with Gasteiger partial charge in [0.15, 0.2) is 0 Å². The zero-order valence-electron chi connectivity index (χ0n) is 12.4. The SMILES string of the molecule is C[C@H](c1nc2ccccc2s1)N(C)Cc1ccc(Br)cc1F. The topological polar surface area (TPSA) is 16.1 Å². The molecule has 0 spiro atoms. The molecule has 0 saturated carbocycles. The summed E-state index contributed by atoms with van der Waals surface area (Å²) in [6, 6.07) is 13.5. The average molecular weight is 379 g/mol. The van der Waals surface area contributed by atoms with Crippen LogP contribution in [0.4, 0.5) is 4.39 Å². The van der Waals surface area contributed by atoms with Gasteiger partial charge in [-0.15, -0.1) is 11.3 Å². The van der Waals surface area contributed by atoms with Gasteiger partial charge in [-0.1, -0.05) is 34.1 Å². The van der Waals surface area contributed by atoms with Crippen LogP contribution in [0, 0.1) is 5.82 Å². The summed E-state index contributed by atoms with van der Waals surface area (Å²) in [6.45, 7) is 2.66. The standard InChI is InChI=1S/C17H16BrFN2S/c1-11(17-20-15-5-3-4-6-16(15)22-17)21(2)10-12-7-8-13(18)9-14(12)19/h3-9,11H,10H2,1-2H3/t11-/m1/s1. The molecule has 0 amide bonds. The number of nitrogens with zero attached hydrogens (tertiary/aromatic N) is 2. The number of rotatable bonds is 4. The molecule has 2 aromatic carbocycles. The minimum atomic E-state index is -0.183. The van der Waals surface area contributed by atoms with E-state index >= 15 is 0 Å². The lowest BCUT2D eigenvalue weighted by Crippen LogP contribution is -2.22. The van der Waals surface area contributed by atoms with Crippen molar-refractivity contribution < 1.29 is 4.39 Å². The Labute approximate surface area is 141 Å². The van der Waals surface area contributed by atoms with Crippen molar-refractivity contribution >= 4 is 37.5 Å². The molecule has 0 aliphatic carbocycles. The summed E-state index contributed by atoms with van der Waals surface area (Å²) >= 11 is 4.98. The predicted octanol–water partition coefficient (Wildman–Crippen LogP) is 5.39. The van der Waals surface area contributed by atoms with Crippen LogP contribution in [-0.2, 0) is 6.54 Å². The minimum absolute atomic E-state index is 0.139. The molecule has 22 heavy (non-hydrogen) atoms. The van der Waals surface area contributed by atoms with Crippen LogP contribution in [0.15, 0.2) is 46.9 Å². The van der Waals surface area contributed by atoms with Crippen LogP contribution in [0.2, 0.25) is 0 Å². The van der Waals surface area contributed by atoms with Crippen molar-refractivity contribution in [3.05, 3.63) is 63.3 Å². The number of aromatic nitrogens is 1. The van der Waals surface area contributed by atoms with E-state index in [1.54, 1.807) is 11.3 Å². The molecule has 1 atom stereocenters. The van der Waals surface area contributed by atoms with Crippen molar-refractivity contribution in [3.63, 3.8) is 0 Å². The largest absolute Gasteiger partial charge is 0.293 e. The molecule has 114 valence electrons. The molecule has 0 aliphatic rings. The summed E-state index contributed by atoms with van der Waals surface area (Å²) in [4.78, 5) is 6.80. The lowest BCUT2D eigenvalue weighted by atomic mass is 10.2. The van der Waals surface area contributed by atoms with Crippen LogP contribution >= 0.6 is 27.3 Å². The first-order valence-electron chi connectivity index (χ1n) is 7.04. The van der Waals surface area contributed by atoms with Crippen molar-refractivity contribution in [2.75, 3.05) is 7.05 Å². The van der Waals surface area contributed by atoms with E-state index in [1.165, 1.54) is 10.8 Å². The van der Waals surface area contributed by atoms with Crippen LogP contribution in [0.3, 0.4) is 0 Å². The molecule has 0 saturated heterocycles. The van der Waals surface area contributed by atoms with E-state index in [0.717, 1.165) is 15.0 Å². The maximum Gasteiger partial charge on any atom is 0.128 e. The Balaban J connectivity index is 1.80. The van der Waals surface area contributed by atoms with E-state index in [0.29, 0.717) is 12.1 Å². The van der Waals surface area contributed by atoms with Crippen LogP contribution in [-0.4, -0.2) is 16.9 Å². The van der Waals surface area contributed by atoms with Gasteiger partial charge in [0.2, 0.25) is 0 Å². The summed E-state index contributed by atoms with van der Waals surface area (Å²) < 4.78 is 15.9. The molecule has 3 aromatic rings. The van der Waals surface area contributed by atoms with Gasteiger partial charge in [0, 0.05) is 16.6 Å². The highest BCUT2D eigenvalue weighted by Crippen LogP contribution is 2.29. The molecule has 1 aromatic heterocycles. The summed E-state index contributed by atoms with van der Waals surface area (Å²) in [7, 11) is 2.00. The number of halogens is 2. The van der Waals surface area contributed by atoms with Gasteiger partial charge in [-0.05, 0) is 38.2 Å². The number of hydrogen-bond donors (Lipinski definition) is 0. The first kappa shape index (κ1) is 15.6. The summed E-state index contributed by atoms with van der Waals surface area (Å²) in [6.07, 6.45) is 0. The molecule has 0 N–H and O–H groups in total. The Hall–Kier alpha value is -1.30. The highest BCUT2D eigenvalue weighted by atomic mass is 79.9. The fourth-order valence-electron chi connectivity index (χ4n) is 2.31. The number of benzene rings is 2. The Kier molecular flexibility index (Phi) is 4.57. The third-order valence-corrected chi connectivity index (χ3v) is 5.46. The van der Waals surface area contributed by atoms with E-state index in [9.17, 15) is 4.39 Å². The van der Waals surface area contributed by atoms with E-state index in [1.807, 2.05) is 37.4 Å². The van der Waals surface area contributed by atoms with Crippen LogP contribution in [0.1, 0.15) is 23.5 Å². The molecule has 0 unspecified atom stereocenters. The number of para-hydroxylation sites is 1. The predicted molar refractivity (Wildman–Crippen MR) is 93.6 cm³/mol. The van der Waals surface area contributed by atoms with Crippen LogP contribution in [0.25, 0.3) is 10.2 Å². The minimum Gasteiger partial charge on any atom is -0.293 e. The molecule has 3 rings (SSSR count). The molecule has 0 radical (unpaired) electrons. The Morgan fingerprint density at radius 2 is 2.05 bits per heavy atom. The van der Waals surface area contributed by atoms with E-state index in [4.69, 9.17) is 0 Å². The summed E-state index contributed by atoms with van der Waals surface area (Å²) in [5, 5.41) is 1.06. The second-order valence-electron chi connectivity index (χ2n) is 5.35. The zero-order chi connectivity index (χ0) is 15.7. The Morgan fingerprint density at radius 3 is 2.77 bits per heavy atom. The third kappa shape index (κ3) is 3.21. The van der Waals surface area contributed by atoms with Gasteiger partial charge in [-0.2, -0.15) is 0 Å². The van der Waals surface area contributed by atoms with Crippen LogP contribution in [0.5, 0.6) is 0 Å². The molecule has 1 heterocycles. The fraction of sp³-hybridized carbons (Fsp3) is 0.235. The quantitative estimate of drug-likeness (QED) is 0.604. The summed E-state index contributed by atoms with van der Waals surface area (Å²) in [5.41, 5.74) is 1.72. The number of fused-ring (bicyclic) bond motifs is 1. The fourth-order valence-corrected chi connectivity index (χ4v) is 3.73. The average Bonchev–Trinajstić information content (AvgIpc) is 2.93. The van der Waals surface area contributed by atoms with Crippen LogP contribution < -0.4 is 0 Å². The van der Waals surface area contributed by atoms with Gasteiger partial charge in [-0.3, -0.25) is 4.90 Å². The lowest BCUT2D eigenvalue weighted by molar-refractivity contribution is 0.249. The first-order chi connectivity index (χ1) is 10.5. The molecule has 5 heteroatoms. The van der Waals surface area contributed by atoms with Gasteiger partial charge in [0.25, 0.3) is 0 Å². The van der Waals surface area contributed by atoms with Gasteiger partial charge in [0.05, 0.1) is 16.3 Å². The van der Waals surface area contributed by atoms with Crippen molar-refractivity contribution in [3.8, 4) is 0 Å². The molecule has 0 bridgehead atoms. The maximum atomic E-state index is 14.0. The monoisotopic (exact) mass is 378 g/mol. The highest BCUT2D eigenvalue weighted by molar-refractivity contribution is 9.10. The zero-order valence-corrected chi connectivity index (χ0v) is 14.8. The summed E-state index contributed by atoms with van der Waals surface area (Å²) in [5.74, 6) is -0.183. The molecule has 2 nitrogen and oxygen atoms in total. The molecule has 0 aliphatic heterocycles. The van der Waals surface area contributed by atoms with Gasteiger partial charge >= 0.3 is 0 Å². The second-order valence-corrected chi connectivity index (χ2v) is 7.32. The van der Waals surface area contributed by atoms with E-state index in [-0.39, 0.29) is 11.9 Å². The van der Waals surface area contributed by atoms with Crippen molar-refractivity contribution in [2.45, 2.75) is 19.5 Å². The second kappa shape index (κ2) is 6.44.